The molecule has 1 aliphatic heterocycles. The molecule has 4 atom stereocenters. The third-order valence-electron chi connectivity index (χ3n) is 2.39. The first-order valence-corrected chi connectivity index (χ1v) is 7.84. The molecule has 1 heterocycles. The lowest BCUT2D eigenvalue weighted by molar-refractivity contribution is -0.120. The van der Waals surface area contributed by atoms with Crippen molar-refractivity contribution in [2.24, 2.45) is 0 Å². The Kier molecular flexibility index (Phi) is 6.39. The van der Waals surface area contributed by atoms with Gasteiger partial charge in [-0.1, -0.05) is 0 Å². The van der Waals surface area contributed by atoms with Crippen molar-refractivity contribution in [1.82, 2.24) is 0 Å². The van der Waals surface area contributed by atoms with Gasteiger partial charge in [-0.15, -0.1) is 0 Å². The molecule has 0 saturated carbocycles. The van der Waals surface area contributed by atoms with Crippen molar-refractivity contribution in [3.63, 3.8) is 0 Å². The zero-order valence-corrected chi connectivity index (χ0v) is 12.6. The Balaban J connectivity index is 2.56. The highest BCUT2D eigenvalue weighted by Gasteiger charge is 2.40. The molecule has 0 radical (unpaired) electrons. The van der Waals surface area contributed by atoms with Gasteiger partial charge in [0, 0.05) is 6.42 Å². The lowest BCUT2D eigenvalue weighted by Crippen LogP contribution is -2.30. The molecule has 114 valence electrons. The van der Waals surface area contributed by atoms with Gasteiger partial charge in [0.05, 0.1) is 18.8 Å². The number of aliphatic hydroxyl groups excluding tert-OH is 1. The summed E-state index contributed by atoms with van der Waals surface area (Å²) in [4.78, 5) is 9.56. The van der Waals surface area contributed by atoms with Crippen LogP contribution in [0.4, 0.5) is 0 Å². The molecule has 1 fully saturated rings. The fourth-order valence-corrected chi connectivity index (χ4v) is 2.85. The van der Waals surface area contributed by atoms with Crippen molar-refractivity contribution in [3.05, 3.63) is 0 Å². The fraction of sp³-hybridized carbons (Fsp3) is 1.00. The van der Waals surface area contributed by atoms with Crippen molar-refractivity contribution in [3.8, 4) is 0 Å². The fourth-order valence-electron chi connectivity index (χ4n) is 1.70. The molecular weight excluding hydrogens is 275 g/mol. The van der Waals surface area contributed by atoms with Crippen LogP contribution >= 0.6 is 7.82 Å². The highest BCUT2D eigenvalue weighted by atomic mass is 31.2. The maximum atomic E-state index is 11.7. The van der Waals surface area contributed by atoms with Gasteiger partial charge in [0.25, 0.3) is 0 Å². The summed E-state index contributed by atoms with van der Waals surface area (Å²) in [5.41, 5.74) is 0. The van der Waals surface area contributed by atoms with E-state index in [-0.39, 0.29) is 19.1 Å². The Hall–Kier alpha value is -0.0100. The Morgan fingerprint density at radius 3 is 2.47 bits per heavy atom. The molecule has 1 aliphatic rings. The van der Waals surface area contributed by atoms with Gasteiger partial charge >= 0.3 is 7.82 Å². The summed E-state index contributed by atoms with van der Waals surface area (Å²) in [6.07, 6.45) is -2.68. The minimum Gasteiger partial charge on any atom is -0.376 e. The maximum Gasteiger partial charge on any atom is 0.472 e. The van der Waals surface area contributed by atoms with E-state index in [1.54, 1.807) is 13.8 Å². The third kappa shape index (κ3) is 6.31. The zero-order valence-electron chi connectivity index (χ0n) is 11.7. The SMILES string of the molecule is CC(C)OC[C@H]1O[C@@H](O)C[C@H]1OP(=O)(O)OC(C)C. The molecule has 0 aromatic heterocycles. The van der Waals surface area contributed by atoms with Crippen LogP contribution in [0.3, 0.4) is 0 Å². The van der Waals surface area contributed by atoms with E-state index >= 15 is 0 Å². The first-order chi connectivity index (χ1) is 8.69. The van der Waals surface area contributed by atoms with E-state index in [4.69, 9.17) is 18.5 Å². The van der Waals surface area contributed by atoms with Crippen LogP contribution in [0.25, 0.3) is 0 Å². The quantitative estimate of drug-likeness (QED) is 0.686. The average Bonchev–Trinajstić information content (AvgIpc) is 2.52. The number of rotatable bonds is 7. The van der Waals surface area contributed by atoms with E-state index in [0.717, 1.165) is 0 Å². The van der Waals surface area contributed by atoms with E-state index < -0.39 is 32.4 Å². The molecule has 8 heteroatoms. The molecule has 7 nitrogen and oxygen atoms in total. The van der Waals surface area contributed by atoms with Crippen molar-refractivity contribution < 1.29 is 33.1 Å². The molecule has 0 aromatic carbocycles. The Bertz CT molecular complexity index is 320. The summed E-state index contributed by atoms with van der Waals surface area (Å²) in [5, 5.41) is 9.44. The molecule has 0 aliphatic carbocycles. The van der Waals surface area contributed by atoms with Crippen molar-refractivity contribution in [2.75, 3.05) is 6.61 Å². The second kappa shape index (κ2) is 7.13. The zero-order chi connectivity index (χ0) is 14.6. The maximum absolute atomic E-state index is 11.7. The lowest BCUT2D eigenvalue weighted by atomic mass is 10.2. The normalized spacial score (nSPS) is 31.1. The predicted molar refractivity (Wildman–Crippen MR) is 67.5 cm³/mol. The van der Waals surface area contributed by atoms with E-state index in [9.17, 15) is 14.6 Å². The molecule has 2 N–H and O–H groups in total. The number of hydrogen-bond donors (Lipinski definition) is 2. The smallest absolute Gasteiger partial charge is 0.376 e. The minimum atomic E-state index is -4.16. The Labute approximate surface area is 113 Å². The van der Waals surface area contributed by atoms with Crippen LogP contribution < -0.4 is 0 Å². The van der Waals surface area contributed by atoms with E-state index in [2.05, 4.69) is 0 Å². The second-order valence-electron chi connectivity index (χ2n) is 5.01. The van der Waals surface area contributed by atoms with Gasteiger partial charge in [-0.2, -0.15) is 0 Å². The monoisotopic (exact) mass is 298 g/mol. The van der Waals surface area contributed by atoms with Gasteiger partial charge in [0.15, 0.2) is 6.29 Å². The van der Waals surface area contributed by atoms with Gasteiger partial charge in [-0.3, -0.25) is 9.05 Å². The topological polar surface area (TPSA) is 94.5 Å². The summed E-state index contributed by atoms with van der Waals surface area (Å²) in [7, 11) is -4.16. The average molecular weight is 298 g/mol. The Morgan fingerprint density at radius 1 is 1.32 bits per heavy atom. The van der Waals surface area contributed by atoms with Crippen LogP contribution in [-0.2, 0) is 23.1 Å². The summed E-state index contributed by atoms with van der Waals surface area (Å²) in [6, 6.07) is 0. The largest absolute Gasteiger partial charge is 0.472 e. The molecular formula is C11H23O7P. The Morgan fingerprint density at radius 2 is 1.95 bits per heavy atom. The number of phosphoric acid groups is 1. The molecule has 1 saturated heterocycles. The summed E-state index contributed by atoms with van der Waals surface area (Å²) < 4.78 is 32.1. The first-order valence-electron chi connectivity index (χ1n) is 6.34. The summed E-state index contributed by atoms with van der Waals surface area (Å²) in [5.74, 6) is 0. The van der Waals surface area contributed by atoms with E-state index in [0.29, 0.717) is 0 Å². The molecule has 0 aromatic rings. The van der Waals surface area contributed by atoms with Crippen molar-refractivity contribution >= 4 is 7.82 Å². The van der Waals surface area contributed by atoms with Crippen LogP contribution in [0, 0.1) is 0 Å². The van der Waals surface area contributed by atoms with E-state index in [1.807, 2.05) is 13.8 Å². The molecule has 0 spiro atoms. The minimum absolute atomic E-state index is 0.00478. The first kappa shape index (κ1) is 17.0. The second-order valence-corrected chi connectivity index (χ2v) is 6.37. The summed E-state index contributed by atoms with van der Waals surface area (Å²) >= 11 is 0. The van der Waals surface area contributed by atoms with Crippen LogP contribution in [0.15, 0.2) is 0 Å². The van der Waals surface area contributed by atoms with Crippen LogP contribution in [-0.4, -0.2) is 47.3 Å². The van der Waals surface area contributed by atoms with Gasteiger partial charge < -0.3 is 19.5 Å². The molecule has 19 heavy (non-hydrogen) atoms. The van der Waals surface area contributed by atoms with E-state index in [1.165, 1.54) is 0 Å². The highest BCUT2D eigenvalue weighted by molar-refractivity contribution is 7.47. The number of hydrogen-bond acceptors (Lipinski definition) is 6. The van der Waals surface area contributed by atoms with Gasteiger partial charge in [0.1, 0.15) is 12.2 Å². The van der Waals surface area contributed by atoms with Crippen LogP contribution in [0.5, 0.6) is 0 Å². The molecule has 0 bridgehead atoms. The van der Waals surface area contributed by atoms with Gasteiger partial charge in [0.2, 0.25) is 0 Å². The van der Waals surface area contributed by atoms with Gasteiger partial charge in [-0.05, 0) is 27.7 Å². The number of aliphatic hydroxyl groups is 1. The van der Waals surface area contributed by atoms with Crippen LogP contribution in [0.1, 0.15) is 34.1 Å². The molecule has 1 rings (SSSR count). The highest BCUT2D eigenvalue weighted by Crippen LogP contribution is 2.48. The molecule has 0 amide bonds. The third-order valence-corrected chi connectivity index (χ3v) is 3.61. The van der Waals surface area contributed by atoms with Gasteiger partial charge in [-0.25, -0.2) is 4.57 Å². The molecule has 1 unspecified atom stereocenters. The summed E-state index contributed by atoms with van der Waals surface area (Å²) in [6.45, 7) is 7.17. The predicted octanol–water partition coefficient (Wildman–Crippen LogP) is 1.43. The van der Waals surface area contributed by atoms with Crippen LogP contribution in [0.2, 0.25) is 0 Å². The van der Waals surface area contributed by atoms with Crippen molar-refractivity contribution in [1.29, 1.82) is 0 Å². The number of ether oxygens (including phenoxy) is 2. The van der Waals surface area contributed by atoms with Crippen molar-refractivity contribution in [2.45, 2.75) is 64.8 Å². The lowest BCUT2D eigenvalue weighted by Gasteiger charge is -2.22. The standard InChI is InChI=1S/C11H23O7P/c1-7(2)15-6-10-9(5-11(12)16-10)18-19(13,14)17-8(3)4/h7-12H,5-6H2,1-4H3,(H,13,14)/t9-,10-,11-/m1/s1. The number of phosphoric ester groups is 1.